The predicted octanol–water partition coefficient (Wildman–Crippen LogP) is 1.97. The summed E-state index contributed by atoms with van der Waals surface area (Å²) in [6, 6.07) is 5.33. The summed E-state index contributed by atoms with van der Waals surface area (Å²) in [5.41, 5.74) is 2.43. The topological polar surface area (TPSA) is 63.2 Å². The van der Waals surface area contributed by atoms with Crippen molar-refractivity contribution in [3.05, 3.63) is 29.3 Å². The summed E-state index contributed by atoms with van der Waals surface area (Å²) >= 11 is 0. The molecule has 0 unspecified atom stereocenters. The third-order valence-corrected chi connectivity index (χ3v) is 5.76. The van der Waals surface area contributed by atoms with E-state index in [0.29, 0.717) is 30.6 Å². The van der Waals surface area contributed by atoms with E-state index < -0.39 is 10.0 Å². The Morgan fingerprint density at radius 2 is 1.70 bits per heavy atom. The van der Waals surface area contributed by atoms with Crippen LogP contribution in [0.15, 0.2) is 23.1 Å². The summed E-state index contributed by atoms with van der Waals surface area (Å²) in [5, 5.41) is 0. The number of rotatable bonds is 3. The zero-order chi connectivity index (χ0) is 14.2. The highest BCUT2D eigenvalue weighted by Gasteiger charge is 2.25. The first-order chi connectivity index (χ1) is 9.54. The lowest BCUT2D eigenvalue weighted by Crippen LogP contribution is -2.37. The van der Waals surface area contributed by atoms with Crippen LogP contribution < -0.4 is 4.72 Å². The Morgan fingerprint density at radius 3 is 2.45 bits per heavy atom. The van der Waals surface area contributed by atoms with Crippen LogP contribution >= 0.6 is 0 Å². The molecule has 0 spiro atoms. The highest BCUT2D eigenvalue weighted by atomic mass is 32.2. The Kier molecular flexibility index (Phi) is 3.65. The normalized spacial score (nSPS) is 20.1. The van der Waals surface area contributed by atoms with Gasteiger partial charge in [-0.3, -0.25) is 4.79 Å². The van der Waals surface area contributed by atoms with Crippen LogP contribution in [0.25, 0.3) is 0 Å². The number of aryl methyl sites for hydroxylation is 2. The summed E-state index contributed by atoms with van der Waals surface area (Å²) in [6.45, 7) is 0. The third-order valence-electron chi connectivity index (χ3n) is 4.25. The molecular weight excluding hydrogens is 274 g/mol. The second-order valence-electron chi connectivity index (χ2n) is 5.72. The first-order valence-electron chi connectivity index (χ1n) is 7.20. The molecule has 108 valence electrons. The highest BCUT2D eigenvalue weighted by molar-refractivity contribution is 7.89. The van der Waals surface area contributed by atoms with E-state index in [1.54, 1.807) is 12.1 Å². The van der Waals surface area contributed by atoms with Crippen molar-refractivity contribution in [2.75, 3.05) is 0 Å². The lowest BCUT2D eigenvalue weighted by Gasteiger charge is -2.22. The molecule has 0 radical (unpaired) electrons. The summed E-state index contributed by atoms with van der Waals surface area (Å²) in [4.78, 5) is 11.6. The number of carbonyl (C=O) groups is 1. The van der Waals surface area contributed by atoms with Gasteiger partial charge in [-0.25, -0.2) is 13.1 Å². The minimum atomic E-state index is -3.46. The van der Waals surface area contributed by atoms with Gasteiger partial charge in [-0.2, -0.15) is 0 Å². The van der Waals surface area contributed by atoms with Crippen LogP contribution in [0, 0.1) is 0 Å². The number of nitrogens with one attached hydrogen (secondary N) is 1. The first kappa shape index (κ1) is 13.8. The summed E-state index contributed by atoms with van der Waals surface area (Å²) in [5.74, 6) is 0.234. The maximum absolute atomic E-state index is 12.4. The van der Waals surface area contributed by atoms with Gasteiger partial charge in [0.1, 0.15) is 5.78 Å². The summed E-state index contributed by atoms with van der Waals surface area (Å²) in [6.07, 6.45) is 5.32. The largest absolute Gasteiger partial charge is 0.300 e. The maximum Gasteiger partial charge on any atom is 0.240 e. The van der Waals surface area contributed by atoms with E-state index in [1.807, 2.05) is 6.07 Å². The van der Waals surface area contributed by atoms with Crippen molar-refractivity contribution < 1.29 is 13.2 Å². The Balaban J connectivity index is 1.76. The van der Waals surface area contributed by atoms with Crippen LogP contribution in [0.2, 0.25) is 0 Å². The van der Waals surface area contributed by atoms with Crippen LogP contribution in [0.4, 0.5) is 0 Å². The number of carbonyl (C=O) groups excluding carboxylic acids is 1. The van der Waals surface area contributed by atoms with Gasteiger partial charge in [-0.1, -0.05) is 6.07 Å². The van der Waals surface area contributed by atoms with E-state index in [-0.39, 0.29) is 11.8 Å². The molecule has 1 fully saturated rings. The molecule has 5 heteroatoms. The number of hydrogen-bond acceptors (Lipinski definition) is 3. The molecule has 3 rings (SSSR count). The Hall–Kier alpha value is -1.20. The zero-order valence-electron chi connectivity index (χ0n) is 11.4. The summed E-state index contributed by atoms with van der Waals surface area (Å²) in [7, 11) is -3.46. The second kappa shape index (κ2) is 5.30. The number of Topliss-reactive ketones (excluding diaryl/α,β-unsaturated/α-hetero) is 1. The molecule has 0 bridgehead atoms. The van der Waals surface area contributed by atoms with Gasteiger partial charge >= 0.3 is 0 Å². The molecule has 0 saturated heterocycles. The third kappa shape index (κ3) is 2.79. The fraction of sp³-hybridized carbons (Fsp3) is 0.533. The molecule has 1 aromatic rings. The molecule has 1 aromatic carbocycles. The Morgan fingerprint density at radius 1 is 1.00 bits per heavy atom. The molecular formula is C15H19NO3S. The Bertz CT molecular complexity index is 627. The first-order valence-corrected chi connectivity index (χ1v) is 8.69. The van der Waals surface area contributed by atoms with E-state index in [4.69, 9.17) is 0 Å². The molecule has 2 aliphatic rings. The minimum absolute atomic E-state index is 0.106. The fourth-order valence-corrected chi connectivity index (χ4v) is 4.42. The standard InChI is InChI=1S/C15H19NO3S/c17-14-7-5-13(6-8-14)16-20(18,19)15-9-4-11-2-1-3-12(11)10-15/h4,9-10,13,16H,1-3,5-8H2. The van der Waals surface area contributed by atoms with E-state index in [1.165, 1.54) is 5.56 Å². The maximum atomic E-state index is 12.4. The van der Waals surface area contributed by atoms with E-state index in [9.17, 15) is 13.2 Å². The van der Waals surface area contributed by atoms with Gasteiger partial charge in [-0.05, 0) is 55.4 Å². The van der Waals surface area contributed by atoms with Crippen molar-refractivity contribution in [1.82, 2.24) is 4.72 Å². The molecule has 4 nitrogen and oxygen atoms in total. The van der Waals surface area contributed by atoms with Gasteiger partial charge in [0, 0.05) is 18.9 Å². The average molecular weight is 293 g/mol. The van der Waals surface area contributed by atoms with Gasteiger partial charge in [0.05, 0.1) is 4.90 Å². The van der Waals surface area contributed by atoms with Crippen molar-refractivity contribution in [3.63, 3.8) is 0 Å². The van der Waals surface area contributed by atoms with Gasteiger partial charge in [-0.15, -0.1) is 0 Å². The Labute approximate surface area is 119 Å². The molecule has 20 heavy (non-hydrogen) atoms. The van der Waals surface area contributed by atoms with Crippen molar-refractivity contribution >= 4 is 15.8 Å². The quantitative estimate of drug-likeness (QED) is 0.926. The molecule has 2 aliphatic carbocycles. The molecule has 0 aromatic heterocycles. The highest BCUT2D eigenvalue weighted by Crippen LogP contribution is 2.25. The smallest absolute Gasteiger partial charge is 0.240 e. The molecule has 0 atom stereocenters. The van der Waals surface area contributed by atoms with E-state index >= 15 is 0 Å². The number of ketones is 1. The van der Waals surface area contributed by atoms with Crippen LogP contribution in [0.1, 0.15) is 43.2 Å². The molecule has 0 aliphatic heterocycles. The number of fused-ring (bicyclic) bond motifs is 1. The zero-order valence-corrected chi connectivity index (χ0v) is 12.2. The molecule has 0 heterocycles. The van der Waals surface area contributed by atoms with Crippen molar-refractivity contribution in [1.29, 1.82) is 0 Å². The van der Waals surface area contributed by atoms with Crippen molar-refractivity contribution in [2.45, 2.75) is 55.9 Å². The van der Waals surface area contributed by atoms with Crippen LogP contribution in [0.5, 0.6) is 0 Å². The molecule has 1 N–H and O–H groups in total. The van der Waals surface area contributed by atoms with Gasteiger partial charge in [0.2, 0.25) is 10.0 Å². The van der Waals surface area contributed by atoms with Crippen LogP contribution in [-0.4, -0.2) is 20.2 Å². The van der Waals surface area contributed by atoms with Gasteiger partial charge in [0.25, 0.3) is 0 Å². The molecule has 0 amide bonds. The van der Waals surface area contributed by atoms with E-state index in [0.717, 1.165) is 24.8 Å². The van der Waals surface area contributed by atoms with Crippen molar-refractivity contribution in [2.24, 2.45) is 0 Å². The van der Waals surface area contributed by atoms with Crippen LogP contribution in [0.3, 0.4) is 0 Å². The second-order valence-corrected chi connectivity index (χ2v) is 7.43. The molecule has 1 saturated carbocycles. The number of sulfonamides is 1. The van der Waals surface area contributed by atoms with Gasteiger partial charge in [0.15, 0.2) is 0 Å². The van der Waals surface area contributed by atoms with Crippen LogP contribution in [-0.2, 0) is 27.7 Å². The lowest BCUT2D eigenvalue weighted by atomic mass is 9.95. The van der Waals surface area contributed by atoms with Gasteiger partial charge < -0.3 is 0 Å². The lowest BCUT2D eigenvalue weighted by molar-refractivity contribution is -0.120. The fourth-order valence-electron chi connectivity index (χ4n) is 3.06. The number of hydrogen-bond donors (Lipinski definition) is 1. The minimum Gasteiger partial charge on any atom is -0.300 e. The predicted molar refractivity (Wildman–Crippen MR) is 76.1 cm³/mol. The SMILES string of the molecule is O=C1CCC(NS(=O)(=O)c2ccc3c(c2)CCC3)CC1. The van der Waals surface area contributed by atoms with E-state index in [2.05, 4.69) is 4.72 Å². The monoisotopic (exact) mass is 293 g/mol. The average Bonchev–Trinajstić information content (AvgIpc) is 2.88. The van der Waals surface area contributed by atoms with Crippen molar-refractivity contribution in [3.8, 4) is 0 Å². The number of benzene rings is 1. The summed E-state index contributed by atoms with van der Waals surface area (Å²) < 4.78 is 27.5.